The number of rotatable bonds is 8. The number of aliphatic carboxylic acids is 1. The highest BCUT2D eigenvalue weighted by Gasteiger charge is 2.49. The molecule has 1 aromatic rings. The predicted molar refractivity (Wildman–Crippen MR) is 102 cm³/mol. The van der Waals surface area contributed by atoms with Crippen LogP contribution >= 0.6 is 0 Å². The number of carboxylic acids is 1. The number of nitrogens with zero attached hydrogens (tertiary/aromatic N) is 2. The average molecular weight is 376 g/mol. The van der Waals surface area contributed by atoms with Crippen molar-refractivity contribution in [1.29, 1.82) is 0 Å². The number of hydrogen-bond acceptors (Lipinski definition) is 5. The third kappa shape index (κ3) is 4.86. The molecule has 0 unspecified atom stereocenters. The molecule has 1 heterocycles. The average Bonchev–Trinajstić information content (AvgIpc) is 2.69. The first-order chi connectivity index (χ1) is 12.9. The van der Waals surface area contributed by atoms with E-state index in [-0.39, 0.29) is 18.7 Å². The van der Waals surface area contributed by atoms with E-state index >= 15 is 0 Å². The second-order valence-corrected chi connectivity index (χ2v) is 6.78. The lowest BCUT2D eigenvalue weighted by Crippen LogP contribution is -2.62. The quantitative estimate of drug-likeness (QED) is 0.701. The van der Waals surface area contributed by atoms with E-state index in [1.165, 1.54) is 7.11 Å². The minimum Gasteiger partial charge on any atom is -0.481 e. The zero-order valence-electron chi connectivity index (χ0n) is 16.0. The molecule has 7 heteroatoms. The molecule has 0 atom stereocenters. The number of anilines is 1. The van der Waals surface area contributed by atoms with Crippen LogP contribution < -0.4 is 4.90 Å². The number of hydrogen-bond donors (Lipinski definition) is 1. The predicted octanol–water partition coefficient (Wildman–Crippen LogP) is 2.30. The van der Waals surface area contributed by atoms with E-state index in [1.54, 1.807) is 11.8 Å². The van der Waals surface area contributed by atoms with Crippen molar-refractivity contribution >= 4 is 23.5 Å². The minimum atomic E-state index is -1.04. The van der Waals surface area contributed by atoms with E-state index in [9.17, 15) is 14.4 Å². The molecule has 1 aliphatic heterocycles. The van der Waals surface area contributed by atoms with Crippen LogP contribution in [0.4, 0.5) is 5.69 Å². The van der Waals surface area contributed by atoms with Gasteiger partial charge in [0.15, 0.2) is 0 Å². The van der Waals surface area contributed by atoms with Gasteiger partial charge in [-0.1, -0.05) is 25.1 Å². The molecule has 0 aliphatic carbocycles. The second-order valence-electron chi connectivity index (χ2n) is 6.78. The summed E-state index contributed by atoms with van der Waals surface area (Å²) in [5, 5.41) is 8.79. The van der Waals surface area contributed by atoms with Crippen LogP contribution in [0, 0.1) is 0 Å². The number of esters is 1. The number of para-hydroxylation sites is 1. The molecular weight excluding hydrogens is 348 g/mol. The molecule has 1 fully saturated rings. The fourth-order valence-electron chi connectivity index (χ4n) is 3.67. The molecule has 1 N–H and O–H groups in total. The van der Waals surface area contributed by atoms with Gasteiger partial charge < -0.3 is 14.7 Å². The van der Waals surface area contributed by atoms with Crippen molar-refractivity contribution < 1.29 is 24.2 Å². The molecule has 1 amide bonds. The van der Waals surface area contributed by atoms with E-state index < -0.39 is 17.5 Å². The van der Waals surface area contributed by atoms with Crippen LogP contribution in [0.15, 0.2) is 30.3 Å². The standard InChI is InChI=1S/C20H28N2O5/c1-3-17(23)22(16-8-5-4-6-9-16)20(19(26)27-2)11-14-21(15-12-20)13-7-10-18(24)25/h4-6,8-9H,3,7,10-15H2,1-2H3,(H,24,25). The van der Waals surface area contributed by atoms with Crippen molar-refractivity contribution in [2.24, 2.45) is 0 Å². The smallest absolute Gasteiger partial charge is 0.332 e. The second kappa shape index (κ2) is 9.50. The summed E-state index contributed by atoms with van der Waals surface area (Å²) >= 11 is 0. The number of piperidine rings is 1. The van der Waals surface area contributed by atoms with Crippen LogP contribution in [-0.2, 0) is 19.1 Å². The van der Waals surface area contributed by atoms with Crippen LogP contribution in [-0.4, -0.2) is 60.1 Å². The Kier molecular flexibility index (Phi) is 7.36. The van der Waals surface area contributed by atoms with Gasteiger partial charge in [0.25, 0.3) is 0 Å². The van der Waals surface area contributed by atoms with E-state index in [1.807, 2.05) is 30.3 Å². The summed E-state index contributed by atoms with van der Waals surface area (Å²) in [6, 6.07) is 9.22. The molecule has 2 rings (SSSR count). The Balaban J connectivity index is 2.24. The van der Waals surface area contributed by atoms with Crippen LogP contribution in [0.3, 0.4) is 0 Å². The zero-order valence-corrected chi connectivity index (χ0v) is 16.0. The summed E-state index contributed by atoms with van der Waals surface area (Å²) < 4.78 is 5.11. The van der Waals surface area contributed by atoms with Crippen LogP contribution in [0.5, 0.6) is 0 Å². The summed E-state index contributed by atoms with van der Waals surface area (Å²) in [4.78, 5) is 40.1. The van der Waals surface area contributed by atoms with E-state index in [0.717, 1.165) is 0 Å². The molecule has 0 spiro atoms. The Labute approximate surface area is 159 Å². The fraction of sp³-hybridized carbons (Fsp3) is 0.550. The Bertz CT molecular complexity index is 654. The summed E-state index contributed by atoms with van der Waals surface area (Å²) in [7, 11) is 1.35. The fourth-order valence-corrected chi connectivity index (χ4v) is 3.67. The highest BCUT2D eigenvalue weighted by atomic mass is 16.5. The third-order valence-electron chi connectivity index (χ3n) is 5.11. The lowest BCUT2D eigenvalue weighted by molar-refractivity contribution is -0.151. The first kappa shape index (κ1) is 20.9. The third-order valence-corrected chi connectivity index (χ3v) is 5.11. The highest BCUT2D eigenvalue weighted by molar-refractivity contribution is 6.02. The van der Waals surface area contributed by atoms with Gasteiger partial charge >= 0.3 is 11.9 Å². The normalized spacial score (nSPS) is 16.5. The van der Waals surface area contributed by atoms with E-state index in [4.69, 9.17) is 9.84 Å². The zero-order chi connectivity index (χ0) is 19.9. The summed E-state index contributed by atoms with van der Waals surface area (Å²) in [6.07, 6.45) is 1.89. The van der Waals surface area contributed by atoms with Crippen molar-refractivity contribution in [1.82, 2.24) is 4.90 Å². The first-order valence-electron chi connectivity index (χ1n) is 9.35. The largest absolute Gasteiger partial charge is 0.481 e. The molecule has 0 saturated carbocycles. The Hall–Kier alpha value is -2.41. The monoisotopic (exact) mass is 376 g/mol. The molecule has 0 bridgehead atoms. The molecule has 0 radical (unpaired) electrons. The first-order valence-corrected chi connectivity index (χ1v) is 9.35. The van der Waals surface area contributed by atoms with Crippen LogP contribution in [0.25, 0.3) is 0 Å². The lowest BCUT2D eigenvalue weighted by Gasteiger charge is -2.46. The molecule has 0 aromatic heterocycles. The molecule has 1 aromatic carbocycles. The van der Waals surface area contributed by atoms with Gasteiger partial charge in [0.2, 0.25) is 5.91 Å². The number of benzene rings is 1. The molecule has 7 nitrogen and oxygen atoms in total. The van der Waals surface area contributed by atoms with E-state index in [0.29, 0.717) is 44.6 Å². The van der Waals surface area contributed by atoms with Crippen LogP contribution in [0.1, 0.15) is 39.0 Å². The SMILES string of the molecule is CCC(=O)N(c1ccccc1)C1(C(=O)OC)CCN(CCCC(=O)O)CC1. The molecule has 1 aliphatic rings. The number of carbonyl (C=O) groups excluding carboxylic acids is 2. The summed E-state index contributed by atoms with van der Waals surface area (Å²) in [6.45, 7) is 3.66. The molecule has 27 heavy (non-hydrogen) atoms. The van der Waals surface area contributed by atoms with Gasteiger partial charge in [0, 0.05) is 31.6 Å². The van der Waals surface area contributed by atoms with Gasteiger partial charge in [-0.3, -0.25) is 14.5 Å². The number of carboxylic acid groups (broad SMARTS) is 1. The van der Waals surface area contributed by atoms with Crippen molar-refractivity contribution in [3.05, 3.63) is 30.3 Å². The van der Waals surface area contributed by atoms with Gasteiger partial charge in [0.05, 0.1) is 7.11 Å². The Morgan fingerprint density at radius 2 is 1.81 bits per heavy atom. The lowest BCUT2D eigenvalue weighted by atomic mass is 9.84. The number of amides is 1. The van der Waals surface area contributed by atoms with Crippen molar-refractivity contribution in [3.63, 3.8) is 0 Å². The number of ether oxygens (including phenoxy) is 1. The van der Waals surface area contributed by atoms with Crippen molar-refractivity contribution in [3.8, 4) is 0 Å². The van der Waals surface area contributed by atoms with Gasteiger partial charge in [-0.25, -0.2) is 4.79 Å². The number of likely N-dealkylation sites (tertiary alicyclic amines) is 1. The maximum Gasteiger partial charge on any atom is 0.332 e. The van der Waals surface area contributed by atoms with Gasteiger partial charge in [0.1, 0.15) is 5.54 Å². The maximum absolute atomic E-state index is 12.8. The van der Waals surface area contributed by atoms with Crippen molar-refractivity contribution in [2.45, 2.75) is 44.6 Å². The molecular formula is C20H28N2O5. The van der Waals surface area contributed by atoms with Crippen LogP contribution in [0.2, 0.25) is 0 Å². The number of carbonyl (C=O) groups is 3. The molecule has 148 valence electrons. The minimum absolute atomic E-state index is 0.120. The van der Waals surface area contributed by atoms with Gasteiger partial charge in [-0.2, -0.15) is 0 Å². The summed E-state index contributed by atoms with van der Waals surface area (Å²) in [5.41, 5.74) is -0.346. The van der Waals surface area contributed by atoms with Gasteiger partial charge in [-0.05, 0) is 37.9 Å². The highest BCUT2D eigenvalue weighted by Crippen LogP contribution is 2.35. The maximum atomic E-state index is 12.8. The topological polar surface area (TPSA) is 87.2 Å². The van der Waals surface area contributed by atoms with E-state index in [2.05, 4.69) is 4.90 Å². The van der Waals surface area contributed by atoms with Crippen molar-refractivity contribution in [2.75, 3.05) is 31.6 Å². The summed E-state index contributed by atoms with van der Waals surface area (Å²) in [5.74, 6) is -1.33. The Morgan fingerprint density at radius 3 is 2.33 bits per heavy atom. The van der Waals surface area contributed by atoms with Gasteiger partial charge in [-0.15, -0.1) is 0 Å². The Morgan fingerprint density at radius 1 is 1.19 bits per heavy atom. The molecule has 1 saturated heterocycles. The number of methoxy groups -OCH3 is 1.